The lowest BCUT2D eigenvalue weighted by molar-refractivity contribution is 0.100. The van der Waals surface area contributed by atoms with Crippen LogP contribution in [0.1, 0.15) is 17.5 Å². The molecule has 0 aliphatic carbocycles. The van der Waals surface area contributed by atoms with E-state index < -0.39 is 0 Å². The highest BCUT2D eigenvalue weighted by atomic mass is 16.1. The van der Waals surface area contributed by atoms with Crippen molar-refractivity contribution in [3.05, 3.63) is 42.6 Å². The normalized spacial score (nSPS) is 10.7. The number of Topliss-reactive ketones (excluding diaryl/α,β-unsaturated/α-hetero) is 1. The summed E-state index contributed by atoms with van der Waals surface area (Å²) in [5.74, 6) is 0.0941. The predicted octanol–water partition coefficient (Wildman–Crippen LogP) is 2.22. The molecule has 0 bridgehead atoms. The van der Waals surface area contributed by atoms with Crippen molar-refractivity contribution in [2.75, 3.05) is 0 Å². The first-order chi connectivity index (χ1) is 8.74. The van der Waals surface area contributed by atoms with Crippen molar-refractivity contribution >= 4 is 16.8 Å². The second kappa shape index (κ2) is 4.03. The molecule has 5 nitrogen and oxygen atoms in total. The molecule has 1 N–H and O–H groups in total. The average molecular weight is 238 g/mol. The highest BCUT2D eigenvalue weighted by Gasteiger charge is 2.06. The maximum atomic E-state index is 11.3. The third kappa shape index (κ3) is 1.75. The monoisotopic (exact) mass is 238 g/mol. The van der Waals surface area contributed by atoms with E-state index in [9.17, 15) is 4.79 Å². The van der Waals surface area contributed by atoms with E-state index in [0.29, 0.717) is 0 Å². The van der Waals surface area contributed by atoms with Gasteiger partial charge in [0.2, 0.25) is 0 Å². The standard InChI is InChI=1S/C13H10N4O/c1-8(18)13-14-5-4-10(17-13)9-2-3-11-12(6-9)16-7-15-11/h2-7H,1H3,(H,15,16). The van der Waals surface area contributed by atoms with E-state index in [0.717, 1.165) is 22.3 Å². The quantitative estimate of drug-likeness (QED) is 0.695. The summed E-state index contributed by atoms with van der Waals surface area (Å²) in [5.41, 5.74) is 3.50. The van der Waals surface area contributed by atoms with Crippen LogP contribution in [0.25, 0.3) is 22.3 Å². The molecule has 0 unspecified atom stereocenters. The number of H-pyrrole nitrogens is 1. The summed E-state index contributed by atoms with van der Waals surface area (Å²) in [5, 5.41) is 0. The summed E-state index contributed by atoms with van der Waals surface area (Å²) >= 11 is 0. The highest BCUT2D eigenvalue weighted by Crippen LogP contribution is 2.20. The van der Waals surface area contributed by atoms with Gasteiger partial charge in [-0.1, -0.05) is 6.07 Å². The smallest absolute Gasteiger partial charge is 0.196 e. The van der Waals surface area contributed by atoms with Gasteiger partial charge < -0.3 is 4.98 Å². The first kappa shape index (κ1) is 10.6. The van der Waals surface area contributed by atoms with Crippen LogP contribution in [-0.2, 0) is 0 Å². The van der Waals surface area contributed by atoms with Crippen LogP contribution in [0.4, 0.5) is 0 Å². The summed E-state index contributed by atoms with van der Waals surface area (Å²) in [6.45, 7) is 1.46. The molecule has 0 atom stereocenters. The van der Waals surface area contributed by atoms with Crippen molar-refractivity contribution in [1.29, 1.82) is 0 Å². The Morgan fingerprint density at radius 2 is 2.11 bits per heavy atom. The molecule has 0 spiro atoms. The van der Waals surface area contributed by atoms with Crippen LogP contribution in [0.3, 0.4) is 0 Å². The molecule has 88 valence electrons. The Labute approximate surface area is 103 Å². The molecule has 0 aliphatic rings. The van der Waals surface area contributed by atoms with Crippen LogP contribution in [0.2, 0.25) is 0 Å². The lowest BCUT2D eigenvalue weighted by Gasteiger charge is -2.02. The number of ketones is 1. The Bertz CT molecular complexity index is 732. The molecule has 0 aliphatic heterocycles. The van der Waals surface area contributed by atoms with Crippen molar-refractivity contribution in [3.63, 3.8) is 0 Å². The predicted molar refractivity (Wildman–Crippen MR) is 67.1 cm³/mol. The number of aromatic nitrogens is 4. The number of fused-ring (bicyclic) bond motifs is 1. The van der Waals surface area contributed by atoms with Gasteiger partial charge in [0, 0.05) is 18.7 Å². The van der Waals surface area contributed by atoms with Crippen LogP contribution in [0.5, 0.6) is 0 Å². The lowest BCUT2D eigenvalue weighted by Crippen LogP contribution is -2.01. The fraction of sp³-hybridized carbons (Fsp3) is 0.0769. The van der Waals surface area contributed by atoms with Crippen molar-refractivity contribution in [3.8, 4) is 11.3 Å². The molecular formula is C13H10N4O. The molecule has 1 aromatic carbocycles. The summed E-state index contributed by atoms with van der Waals surface area (Å²) in [6.07, 6.45) is 3.24. The number of nitrogens with zero attached hydrogens (tertiary/aromatic N) is 3. The Hall–Kier alpha value is -2.56. The van der Waals surface area contributed by atoms with Crippen LogP contribution in [0.15, 0.2) is 36.8 Å². The number of carbonyl (C=O) groups excluding carboxylic acids is 1. The molecule has 0 radical (unpaired) electrons. The zero-order valence-corrected chi connectivity index (χ0v) is 9.71. The van der Waals surface area contributed by atoms with Crippen LogP contribution < -0.4 is 0 Å². The fourth-order valence-corrected chi connectivity index (χ4v) is 1.78. The second-order valence-electron chi connectivity index (χ2n) is 3.96. The molecular weight excluding hydrogens is 228 g/mol. The SMILES string of the molecule is CC(=O)c1nccc(-c2ccc3nc[nH]c3c2)n1. The number of hydrogen-bond acceptors (Lipinski definition) is 4. The van der Waals surface area contributed by atoms with Gasteiger partial charge in [0.25, 0.3) is 0 Å². The van der Waals surface area contributed by atoms with Gasteiger partial charge in [-0.25, -0.2) is 15.0 Å². The van der Waals surface area contributed by atoms with Gasteiger partial charge in [-0.3, -0.25) is 4.79 Å². The average Bonchev–Trinajstić information content (AvgIpc) is 2.86. The highest BCUT2D eigenvalue weighted by molar-refractivity contribution is 5.90. The Morgan fingerprint density at radius 3 is 2.94 bits per heavy atom. The third-order valence-corrected chi connectivity index (χ3v) is 2.69. The van der Waals surface area contributed by atoms with E-state index in [1.165, 1.54) is 6.92 Å². The van der Waals surface area contributed by atoms with Crippen LogP contribution in [-0.4, -0.2) is 25.7 Å². The van der Waals surface area contributed by atoms with Crippen molar-refractivity contribution in [2.24, 2.45) is 0 Å². The minimum atomic E-state index is -0.139. The summed E-state index contributed by atoms with van der Waals surface area (Å²) in [7, 11) is 0. The van der Waals surface area contributed by atoms with Crippen molar-refractivity contribution in [1.82, 2.24) is 19.9 Å². The van der Waals surface area contributed by atoms with E-state index >= 15 is 0 Å². The van der Waals surface area contributed by atoms with E-state index in [4.69, 9.17) is 0 Å². The van der Waals surface area contributed by atoms with Crippen molar-refractivity contribution < 1.29 is 4.79 Å². The zero-order chi connectivity index (χ0) is 12.5. The largest absolute Gasteiger partial charge is 0.345 e. The topological polar surface area (TPSA) is 71.5 Å². The zero-order valence-electron chi connectivity index (χ0n) is 9.71. The number of hydrogen-bond donors (Lipinski definition) is 1. The molecule has 2 heterocycles. The summed E-state index contributed by atoms with van der Waals surface area (Å²) in [6, 6.07) is 7.57. The first-order valence-corrected chi connectivity index (χ1v) is 5.51. The molecule has 0 fully saturated rings. The number of rotatable bonds is 2. The molecule has 0 saturated heterocycles. The minimum Gasteiger partial charge on any atom is -0.345 e. The summed E-state index contributed by atoms with van der Waals surface area (Å²) in [4.78, 5) is 26.6. The molecule has 3 aromatic rings. The minimum absolute atomic E-state index is 0.139. The Kier molecular flexibility index (Phi) is 2.37. The van der Waals surface area contributed by atoms with Crippen molar-refractivity contribution in [2.45, 2.75) is 6.92 Å². The number of aromatic amines is 1. The van der Waals surface area contributed by atoms with Gasteiger partial charge >= 0.3 is 0 Å². The Morgan fingerprint density at radius 1 is 1.22 bits per heavy atom. The van der Waals surface area contributed by atoms with E-state index in [1.807, 2.05) is 18.2 Å². The van der Waals surface area contributed by atoms with Crippen LogP contribution >= 0.6 is 0 Å². The third-order valence-electron chi connectivity index (χ3n) is 2.69. The van der Waals surface area contributed by atoms with Gasteiger partial charge in [0.1, 0.15) is 0 Å². The van der Waals surface area contributed by atoms with Gasteiger partial charge in [-0.15, -0.1) is 0 Å². The maximum absolute atomic E-state index is 11.3. The van der Waals surface area contributed by atoms with Gasteiger partial charge in [-0.05, 0) is 18.2 Å². The number of carbonyl (C=O) groups is 1. The Balaban J connectivity index is 2.13. The molecule has 0 amide bonds. The number of nitrogens with one attached hydrogen (secondary N) is 1. The van der Waals surface area contributed by atoms with Crippen LogP contribution in [0, 0.1) is 0 Å². The number of imidazole rings is 1. The number of benzene rings is 1. The van der Waals surface area contributed by atoms with Gasteiger partial charge in [0.15, 0.2) is 11.6 Å². The van der Waals surface area contributed by atoms with E-state index in [2.05, 4.69) is 19.9 Å². The molecule has 0 saturated carbocycles. The fourth-order valence-electron chi connectivity index (χ4n) is 1.78. The van der Waals surface area contributed by atoms with E-state index in [1.54, 1.807) is 18.6 Å². The molecule has 18 heavy (non-hydrogen) atoms. The molecule has 2 aromatic heterocycles. The molecule has 3 rings (SSSR count). The summed E-state index contributed by atoms with van der Waals surface area (Å²) < 4.78 is 0. The van der Waals surface area contributed by atoms with Gasteiger partial charge in [0.05, 0.1) is 23.1 Å². The molecule has 5 heteroatoms. The second-order valence-corrected chi connectivity index (χ2v) is 3.96. The van der Waals surface area contributed by atoms with Gasteiger partial charge in [-0.2, -0.15) is 0 Å². The lowest BCUT2D eigenvalue weighted by atomic mass is 10.1. The maximum Gasteiger partial charge on any atom is 0.196 e. The van der Waals surface area contributed by atoms with E-state index in [-0.39, 0.29) is 11.6 Å². The first-order valence-electron chi connectivity index (χ1n) is 5.51.